The molecule has 0 aliphatic heterocycles. The van der Waals surface area contributed by atoms with Crippen LogP contribution in [0, 0.1) is 13.8 Å². The van der Waals surface area contributed by atoms with Crippen molar-refractivity contribution in [2.24, 2.45) is 12.0 Å². The zero-order valence-corrected chi connectivity index (χ0v) is 19.6. The number of alkyl halides is 1. The lowest BCUT2D eigenvalue weighted by atomic mass is 9.86. The average molecular weight is 430 g/mol. The number of allylic oxidation sites excluding steroid dienone is 1. The van der Waals surface area contributed by atoms with Crippen LogP contribution in [-0.4, -0.2) is 42.0 Å². The fourth-order valence-electron chi connectivity index (χ4n) is 3.28. The summed E-state index contributed by atoms with van der Waals surface area (Å²) in [4.78, 5) is 15.7. The Morgan fingerprint density at radius 3 is 2.29 bits per heavy atom. The third-order valence-corrected chi connectivity index (χ3v) is 4.99. The highest BCUT2D eigenvalue weighted by atomic mass is 19.1. The van der Waals surface area contributed by atoms with Gasteiger partial charge < -0.3 is 9.47 Å². The number of esters is 1. The predicted molar refractivity (Wildman–Crippen MR) is 122 cm³/mol. The first-order valence-electron chi connectivity index (χ1n) is 10.2. The van der Waals surface area contributed by atoms with E-state index in [1.165, 1.54) is 5.56 Å². The second-order valence-corrected chi connectivity index (χ2v) is 8.45. The SMILES string of the molecule is C/N=C\C(=C(\OC(C)OC(=O)CF)c1c(C)c(C)nn1C)c1ccc(C(C)(C)C)cc1. The Bertz CT molecular complexity index is 983. The van der Waals surface area contributed by atoms with Gasteiger partial charge in [-0.2, -0.15) is 5.10 Å². The van der Waals surface area contributed by atoms with E-state index in [-0.39, 0.29) is 5.41 Å². The van der Waals surface area contributed by atoms with E-state index < -0.39 is 18.9 Å². The topological polar surface area (TPSA) is 65.7 Å². The molecule has 0 aliphatic carbocycles. The number of hydrogen-bond acceptors (Lipinski definition) is 5. The molecule has 1 aromatic heterocycles. The molecule has 0 saturated carbocycles. The lowest BCUT2D eigenvalue weighted by Gasteiger charge is -2.22. The van der Waals surface area contributed by atoms with Crippen molar-refractivity contribution < 1.29 is 18.7 Å². The van der Waals surface area contributed by atoms with E-state index in [9.17, 15) is 9.18 Å². The molecule has 0 amide bonds. The van der Waals surface area contributed by atoms with E-state index in [1.54, 1.807) is 24.9 Å². The number of nitrogens with zero attached hydrogens (tertiary/aromatic N) is 3. The molecular formula is C24H32FN3O3. The van der Waals surface area contributed by atoms with Crippen molar-refractivity contribution in [3.8, 4) is 0 Å². The van der Waals surface area contributed by atoms with Crippen LogP contribution in [0.1, 0.15) is 55.8 Å². The molecule has 0 N–H and O–H groups in total. The summed E-state index contributed by atoms with van der Waals surface area (Å²) in [7, 11) is 3.50. The van der Waals surface area contributed by atoms with Gasteiger partial charge in [0.25, 0.3) is 0 Å². The molecule has 0 fully saturated rings. The molecular weight excluding hydrogens is 397 g/mol. The smallest absolute Gasteiger partial charge is 0.340 e. The molecule has 1 aromatic carbocycles. The number of hydrogen-bond donors (Lipinski definition) is 0. The number of ether oxygens (including phenoxy) is 2. The molecule has 7 heteroatoms. The van der Waals surface area contributed by atoms with E-state index in [0.717, 1.165) is 22.5 Å². The van der Waals surface area contributed by atoms with Gasteiger partial charge >= 0.3 is 5.97 Å². The highest BCUT2D eigenvalue weighted by molar-refractivity contribution is 6.18. The first kappa shape index (κ1) is 24.3. The van der Waals surface area contributed by atoms with Gasteiger partial charge in [-0.25, -0.2) is 9.18 Å². The summed E-state index contributed by atoms with van der Waals surface area (Å²) in [5.74, 6) is -0.529. The highest BCUT2D eigenvalue weighted by Gasteiger charge is 2.24. The summed E-state index contributed by atoms with van der Waals surface area (Å²) in [6.45, 7) is 10.7. The van der Waals surface area contributed by atoms with Crippen LogP contribution in [-0.2, 0) is 26.7 Å². The third-order valence-electron chi connectivity index (χ3n) is 4.99. The van der Waals surface area contributed by atoms with Gasteiger partial charge in [-0.05, 0) is 30.4 Å². The first-order chi connectivity index (χ1) is 14.5. The fraction of sp³-hybridized carbons (Fsp3) is 0.458. The van der Waals surface area contributed by atoms with Crippen LogP contribution in [0.2, 0.25) is 0 Å². The molecule has 0 spiro atoms. The van der Waals surface area contributed by atoms with Crippen LogP contribution < -0.4 is 0 Å². The highest BCUT2D eigenvalue weighted by Crippen LogP contribution is 2.32. The minimum absolute atomic E-state index is 0.0192. The number of carbonyl (C=O) groups is 1. The maximum atomic E-state index is 12.6. The number of rotatable bonds is 7. The summed E-state index contributed by atoms with van der Waals surface area (Å²) in [6, 6.07) is 8.17. The number of halogens is 1. The second-order valence-electron chi connectivity index (χ2n) is 8.45. The molecule has 2 rings (SSSR count). The monoisotopic (exact) mass is 429 g/mol. The standard InChI is InChI=1S/C24H32FN3O3/c1-15-16(2)27-28(8)22(15)23(31-17(3)30-21(29)13-25)20(14-26-7)18-9-11-19(12-10-18)24(4,5)6/h9-12,14,17H,13H2,1-8H3/b23-20-,26-14-. The van der Waals surface area contributed by atoms with Gasteiger partial charge in [0.15, 0.2) is 12.4 Å². The Balaban J connectivity index is 2.69. The number of carbonyl (C=O) groups excluding carboxylic acids is 1. The van der Waals surface area contributed by atoms with Crippen LogP contribution in [0.5, 0.6) is 0 Å². The number of aromatic nitrogens is 2. The minimum Gasteiger partial charge on any atom is -0.452 e. The van der Waals surface area contributed by atoms with Crippen LogP contribution in [0.3, 0.4) is 0 Å². The van der Waals surface area contributed by atoms with E-state index >= 15 is 0 Å². The summed E-state index contributed by atoms with van der Waals surface area (Å²) >= 11 is 0. The molecule has 31 heavy (non-hydrogen) atoms. The van der Waals surface area contributed by atoms with Crippen molar-refractivity contribution in [3.05, 3.63) is 52.3 Å². The molecule has 0 saturated heterocycles. The zero-order chi connectivity index (χ0) is 23.3. The van der Waals surface area contributed by atoms with Gasteiger partial charge in [0.05, 0.1) is 5.69 Å². The van der Waals surface area contributed by atoms with E-state index in [2.05, 4.69) is 43.0 Å². The predicted octanol–water partition coefficient (Wildman–Crippen LogP) is 4.78. The largest absolute Gasteiger partial charge is 0.452 e. The van der Waals surface area contributed by atoms with Gasteiger partial charge in [0.2, 0.25) is 6.29 Å². The minimum atomic E-state index is -1.21. The quantitative estimate of drug-likeness (QED) is 0.275. The van der Waals surface area contributed by atoms with Crippen molar-refractivity contribution in [1.29, 1.82) is 0 Å². The van der Waals surface area contributed by atoms with Gasteiger partial charge in [-0.3, -0.25) is 9.67 Å². The molecule has 1 heterocycles. The first-order valence-corrected chi connectivity index (χ1v) is 10.2. The summed E-state index contributed by atoms with van der Waals surface area (Å²) in [5, 5.41) is 4.49. The Labute approximate surface area is 183 Å². The molecule has 0 bridgehead atoms. The van der Waals surface area contributed by atoms with Crippen molar-refractivity contribution in [2.75, 3.05) is 13.7 Å². The van der Waals surface area contributed by atoms with Gasteiger partial charge in [-0.15, -0.1) is 0 Å². The second kappa shape index (κ2) is 9.90. The lowest BCUT2D eigenvalue weighted by molar-refractivity contribution is -0.165. The molecule has 6 nitrogen and oxygen atoms in total. The van der Waals surface area contributed by atoms with Crippen LogP contribution >= 0.6 is 0 Å². The van der Waals surface area contributed by atoms with Crippen LogP contribution in [0.25, 0.3) is 11.3 Å². The Hall–Kier alpha value is -2.96. The molecule has 168 valence electrons. The zero-order valence-electron chi connectivity index (χ0n) is 19.6. The fourth-order valence-corrected chi connectivity index (χ4v) is 3.28. The summed E-state index contributed by atoms with van der Waals surface area (Å²) < 4.78 is 25.4. The van der Waals surface area contributed by atoms with E-state index in [1.807, 2.05) is 33.0 Å². The maximum absolute atomic E-state index is 12.6. The molecule has 1 unspecified atom stereocenters. The molecule has 0 radical (unpaired) electrons. The Morgan fingerprint density at radius 1 is 1.23 bits per heavy atom. The number of benzene rings is 1. The molecule has 1 atom stereocenters. The van der Waals surface area contributed by atoms with Crippen LogP contribution in [0.15, 0.2) is 29.3 Å². The lowest BCUT2D eigenvalue weighted by Crippen LogP contribution is -2.20. The average Bonchev–Trinajstić information content (AvgIpc) is 2.95. The Morgan fingerprint density at radius 2 is 1.84 bits per heavy atom. The van der Waals surface area contributed by atoms with Crippen molar-refractivity contribution in [1.82, 2.24) is 9.78 Å². The number of aryl methyl sites for hydroxylation is 2. The van der Waals surface area contributed by atoms with Gasteiger partial charge in [-0.1, -0.05) is 45.0 Å². The van der Waals surface area contributed by atoms with Crippen molar-refractivity contribution in [3.63, 3.8) is 0 Å². The van der Waals surface area contributed by atoms with Gasteiger partial charge in [0.1, 0.15) is 5.69 Å². The van der Waals surface area contributed by atoms with E-state index in [4.69, 9.17) is 9.47 Å². The van der Waals surface area contributed by atoms with E-state index in [0.29, 0.717) is 11.3 Å². The van der Waals surface area contributed by atoms with Crippen LogP contribution in [0.4, 0.5) is 4.39 Å². The molecule has 2 aromatic rings. The third kappa shape index (κ3) is 5.81. The molecule has 0 aliphatic rings. The summed E-state index contributed by atoms with van der Waals surface area (Å²) in [5.41, 5.74) is 5.32. The van der Waals surface area contributed by atoms with Crippen molar-refractivity contribution in [2.45, 2.75) is 53.2 Å². The number of aliphatic imine (C=N–C) groups is 1. The maximum Gasteiger partial charge on any atom is 0.340 e. The normalized spacial score (nSPS) is 13.8. The van der Waals surface area contributed by atoms with Crippen molar-refractivity contribution >= 4 is 23.5 Å². The van der Waals surface area contributed by atoms with Gasteiger partial charge in [0, 0.05) is 38.4 Å². The Kier molecular flexibility index (Phi) is 7.76. The summed E-state index contributed by atoms with van der Waals surface area (Å²) in [6.07, 6.45) is 0.703.